The van der Waals surface area contributed by atoms with Gasteiger partial charge in [0.05, 0.1) is 0 Å². The Labute approximate surface area is 113 Å². The molecule has 19 heavy (non-hydrogen) atoms. The first kappa shape index (κ1) is 13.3. The predicted molar refractivity (Wildman–Crippen MR) is 74.8 cm³/mol. The summed E-state index contributed by atoms with van der Waals surface area (Å²) in [6.07, 6.45) is 1.35. The lowest BCUT2D eigenvalue weighted by molar-refractivity contribution is -0.136. The second-order valence-electron chi connectivity index (χ2n) is 4.36. The average Bonchev–Trinajstić information content (AvgIpc) is 2.47. The summed E-state index contributed by atoms with van der Waals surface area (Å²) in [7, 11) is 0. The molecule has 0 radical (unpaired) electrons. The van der Waals surface area contributed by atoms with Gasteiger partial charge < -0.3 is 10.5 Å². The van der Waals surface area contributed by atoms with Crippen LogP contribution in [0.2, 0.25) is 0 Å². The molecule has 0 aliphatic rings. The van der Waals surface area contributed by atoms with Gasteiger partial charge in [0, 0.05) is 0 Å². The van der Waals surface area contributed by atoms with Crippen LogP contribution in [-0.2, 0) is 11.2 Å². The monoisotopic (exact) mass is 255 g/mol. The quantitative estimate of drug-likeness (QED) is 0.660. The summed E-state index contributed by atoms with van der Waals surface area (Å²) < 4.78 is 5.20. The van der Waals surface area contributed by atoms with Crippen molar-refractivity contribution in [2.75, 3.05) is 0 Å². The van der Waals surface area contributed by atoms with E-state index in [1.807, 2.05) is 48.5 Å². The highest BCUT2D eigenvalue weighted by molar-refractivity contribution is 5.77. The molecular weight excluding hydrogens is 238 g/mol. The maximum Gasteiger partial charge on any atom is 0.328 e. The Morgan fingerprint density at radius 1 is 1.00 bits per heavy atom. The number of carbonyl (C=O) groups is 1. The summed E-state index contributed by atoms with van der Waals surface area (Å²) in [6, 6.07) is 18.3. The molecule has 1 atom stereocenters. The van der Waals surface area contributed by atoms with Gasteiger partial charge in [-0.1, -0.05) is 48.5 Å². The summed E-state index contributed by atoms with van der Waals surface area (Å²) in [5.74, 6) is 0.143. The normalized spacial score (nSPS) is 11.8. The average molecular weight is 255 g/mol. The standard InChI is InChI=1S/C16H17NO2/c17-15(12-11-13-7-3-1-4-8-13)16(18)19-14-9-5-2-6-10-14/h1-10,15H,11-12,17H2/t15-/m0/s1. The number of benzene rings is 2. The van der Waals surface area contributed by atoms with Crippen molar-refractivity contribution < 1.29 is 9.53 Å². The van der Waals surface area contributed by atoms with Crippen molar-refractivity contribution in [2.24, 2.45) is 5.73 Å². The van der Waals surface area contributed by atoms with Gasteiger partial charge in [-0.05, 0) is 30.5 Å². The van der Waals surface area contributed by atoms with Crippen molar-refractivity contribution in [3.05, 3.63) is 66.2 Å². The second kappa shape index (κ2) is 6.71. The zero-order chi connectivity index (χ0) is 13.5. The maximum atomic E-state index is 11.8. The molecule has 0 fully saturated rings. The molecule has 2 aromatic rings. The van der Waals surface area contributed by atoms with Crippen LogP contribution in [0, 0.1) is 0 Å². The van der Waals surface area contributed by atoms with E-state index in [1.54, 1.807) is 12.1 Å². The van der Waals surface area contributed by atoms with Crippen molar-refractivity contribution in [3.63, 3.8) is 0 Å². The number of carbonyl (C=O) groups excluding carboxylic acids is 1. The van der Waals surface area contributed by atoms with Crippen LogP contribution in [0.25, 0.3) is 0 Å². The summed E-state index contributed by atoms with van der Waals surface area (Å²) in [5.41, 5.74) is 7.01. The van der Waals surface area contributed by atoms with E-state index >= 15 is 0 Å². The largest absolute Gasteiger partial charge is 0.425 e. The molecule has 2 rings (SSSR count). The van der Waals surface area contributed by atoms with Crippen LogP contribution in [0.15, 0.2) is 60.7 Å². The Kier molecular flexibility index (Phi) is 4.70. The lowest BCUT2D eigenvalue weighted by atomic mass is 10.1. The molecule has 0 spiro atoms. The predicted octanol–water partition coefficient (Wildman–Crippen LogP) is 2.55. The van der Waals surface area contributed by atoms with Gasteiger partial charge in [-0.25, -0.2) is 4.79 Å². The van der Waals surface area contributed by atoms with Gasteiger partial charge in [-0.2, -0.15) is 0 Å². The number of aryl methyl sites for hydroxylation is 1. The highest BCUT2D eigenvalue weighted by atomic mass is 16.5. The molecule has 2 aromatic carbocycles. The molecule has 3 nitrogen and oxygen atoms in total. The highest BCUT2D eigenvalue weighted by Gasteiger charge is 2.15. The van der Waals surface area contributed by atoms with E-state index in [0.29, 0.717) is 12.2 Å². The van der Waals surface area contributed by atoms with Gasteiger partial charge in [0.25, 0.3) is 0 Å². The Bertz CT molecular complexity index is 511. The number of hydrogen-bond acceptors (Lipinski definition) is 3. The lowest BCUT2D eigenvalue weighted by Crippen LogP contribution is -2.34. The van der Waals surface area contributed by atoms with E-state index < -0.39 is 6.04 Å². The minimum absolute atomic E-state index is 0.387. The van der Waals surface area contributed by atoms with Crippen LogP contribution < -0.4 is 10.5 Å². The molecule has 0 saturated heterocycles. The maximum absolute atomic E-state index is 11.8. The summed E-state index contributed by atoms with van der Waals surface area (Å²) in [5, 5.41) is 0. The fraction of sp³-hybridized carbons (Fsp3) is 0.188. The Morgan fingerprint density at radius 2 is 1.58 bits per heavy atom. The minimum atomic E-state index is -0.597. The van der Waals surface area contributed by atoms with Gasteiger partial charge in [-0.15, -0.1) is 0 Å². The first-order chi connectivity index (χ1) is 9.25. The minimum Gasteiger partial charge on any atom is -0.425 e. The van der Waals surface area contributed by atoms with Crippen LogP contribution in [0.5, 0.6) is 5.75 Å². The lowest BCUT2D eigenvalue weighted by Gasteiger charge is -2.11. The van der Waals surface area contributed by atoms with E-state index in [4.69, 9.17) is 10.5 Å². The first-order valence-corrected chi connectivity index (χ1v) is 6.32. The van der Waals surface area contributed by atoms with Crippen LogP contribution in [0.3, 0.4) is 0 Å². The molecule has 0 amide bonds. The van der Waals surface area contributed by atoms with E-state index in [-0.39, 0.29) is 5.97 Å². The van der Waals surface area contributed by atoms with Gasteiger partial charge in [0.1, 0.15) is 11.8 Å². The Balaban J connectivity index is 1.83. The second-order valence-corrected chi connectivity index (χ2v) is 4.36. The third kappa shape index (κ3) is 4.23. The van der Waals surface area contributed by atoms with Gasteiger partial charge in [-0.3, -0.25) is 0 Å². The Hall–Kier alpha value is -2.13. The molecule has 98 valence electrons. The van der Waals surface area contributed by atoms with Gasteiger partial charge in [0.2, 0.25) is 0 Å². The van der Waals surface area contributed by atoms with Crippen molar-refractivity contribution in [1.29, 1.82) is 0 Å². The first-order valence-electron chi connectivity index (χ1n) is 6.32. The molecule has 0 bridgehead atoms. The van der Waals surface area contributed by atoms with Crippen molar-refractivity contribution in [3.8, 4) is 5.75 Å². The highest BCUT2D eigenvalue weighted by Crippen LogP contribution is 2.10. The number of para-hydroxylation sites is 1. The van der Waals surface area contributed by atoms with E-state index in [1.165, 1.54) is 5.56 Å². The summed E-state index contributed by atoms with van der Waals surface area (Å²) in [4.78, 5) is 11.8. The zero-order valence-electron chi connectivity index (χ0n) is 10.7. The van der Waals surface area contributed by atoms with Crippen LogP contribution in [-0.4, -0.2) is 12.0 Å². The SMILES string of the molecule is N[C@@H](CCc1ccccc1)C(=O)Oc1ccccc1. The van der Waals surface area contributed by atoms with Gasteiger partial charge in [0.15, 0.2) is 0 Å². The van der Waals surface area contributed by atoms with Crippen molar-refractivity contribution in [1.82, 2.24) is 0 Å². The zero-order valence-corrected chi connectivity index (χ0v) is 10.7. The fourth-order valence-corrected chi connectivity index (χ4v) is 1.77. The molecule has 0 saturated carbocycles. The van der Waals surface area contributed by atoms with E-state index in [2.05, 4.69) is 0 Å². The third-order valence-electron chi connectivity index (χ3n) is 2.85. The number of hydrogen-bond donors (Lipinski definition) is 1. The number of esters is 1. The molecule has 0 aliphatic heterocycles. The third-order valence-corrected chi connectivity index (χ3v) is 2.85. The van der Waals surface area contributed by atoms with E-state index in [0.717, 1.165) is 6.42 Å². The number of rotatable bonds is 5. The summed E-state index contributed by atoms with van der Waals surface area (Å²) in [6.45, 7) is 0. The van der Waals surface area contributed by atoms with Gasteiger partial charge >= 0.3 is 5.97 Å². The molecule has 0 heterocycles. The fourth-order valence-electron chi connectivity index (χ4n) is 1.77. The van der Waals surface area contributed by atoms with Crippen molar-refractivity contribution in [2.45, 2.75) is 18.9 Å². The molecule has 2 N–H and O–H groups in total. The van der Waals surface area contributed by atoms with E-state index in [9.17, 15) is 4.79 Å². The van der Waals surface area contributed by atoms with Crippen molar-refractivity contribution >= 4 is 5.97 Å². The molecule has 3 heteroatoms. The molecule has 0 aromatic heterocycles. The van der Waals surface area contributed by atoms with Crippen LogP contribution >= 0.6 is 0 Å². The molecular formula is C16H17NO2. The molecule has 0 unspecified atom stereocenters. The Morgan fingerprint density at radius 3 is 2.21 bits per heavy atom. The van der Waals surface area contributed by atoms with Crippen LogP contribution in [0.1, 0.15) is 12.0 Å². The smallest absolute Gasteiger partial charge is 0.328 e. The molecule has 0 aliphatic carbocycles. The van der Waals surface area contributed by atoms with Crippen LogP contribution in [0.4, 0.5) is 0 Å². The topological polar surface area (TPSA) is 52.3 Å². The number of ether oxygens (including phenoxy) is 1. The summed E-state index contributed by atoms with van der Waals surface area (Å²) >= 11 is 0. The number of nitrogens with two attached hydrogens (primary N) is 1.